The number of aromatic nitrogens is 1. The van der Waals surface area contributed by atoms with Gasteiger partial charge in [0.2, 0.25) is 0 Å². The molecule has 1 unspecified atom stereocenters. The highest BCUT2D eigenvalue weighted by atomic mass is 16.1. The Hall–Kier alpha value is -1.09. The number of carbonyl (C=O) groups excluding carboxylic acids is 1. The van der Waals surface area contributed by atoms with Crippen LogP contribution >= 0.6 is 0 Å². The number of piperidine rings is 1. The minimum Gasteiger partial charge on any atom is -0.348 e. The van der Waals surface area contributed by atoms with Gasteiger partial charge in [-0.05, 0) is 37.9 Å². The van der Waals surface area contributed by atoms with E-state index in [9.17, 15) is 4.79 Å². The molecule has 100 valence electrons. The first-order chi connectivity index (χ1) is 8.72. The summed E-state index contributed by atoms with van der Waals surface area (Å²) in [5.41, 5.74) is 0.829. The van der Waals surface area contributed by atoms with Crippen LogP contribution in [0.25, 0.3) is 0 Å². The van der Waals surface area contributed by atoms with Gasteiger partial charge in [-0.2, -0.15) is 0 Å². The minimum absolute atomic E-state index is 0.255. The van der Waals surface area contributed by atoms with Crippen molar-refractivity contribution < 1.29 is 4.79 Å². The number of likely N-dealkylation sites (tertiary alicyclic amines) is 1. The van der Waals surface area contributed by atoms with E-state index in [0.29, 0.717) is 12.6 Å². The fraction of sp³-hybridized carbons (Fsp3) is 0.667. The zero-order valence-corrected chi connectivity index (χ0v) is 11.6. The molecule has 1 saturated heterocycles. The Morgan fingerprint density at radius 1 is 1.44 bits per heavy atom. The van der Waals surface area contributed by atoms with Gasteiger partial charge in [0.15, 0.2) is 5.78 Å². The molecule has 3 nitrogen and oxygen atoms in total. The van der Waals surface area contributed by atoms with Crippen molar-refractivity contribution >= 4 is 5.78 Å². The molecular weight excluding hydrogens is 224 g/mol. The average molecular weight is 248 g/mol. The first-order valence-electron chi connectivity index (χ1n) is 7.11. The monoisotopic (exact) mass is 248 g/mol. The van der Waals surface area contributed by atoms with E-state index in [1.54, 1.807) is 0 Å². The van der Waals surface area contributed by atoms with Crippen LogP contribution < -0.4 is 0 Å². The van der Waals surface area contributed by atoms with Crippen molar-refractivity contribution in [3.05, 3.63) is 24.0 Å². The van der Waals surface area contributed by atoms with Gasteiger partial charge in [-0.3, -0.25) is 9.69 Å². The maximum Gasteiger partial charge on any atom is 0.193 e. The van der Waals surface area contributed by atoms with Crippen LogP contribution in [0.3, 0.4) is 0 Å². The summed E-state index contributed by atoms with van der Waals surface area (Å²) in [5, 5.41) is 0. The number of rotatable bonds is 5. The second-order valence-electron chi connectivity index (χ2n) is 5.34. The van der Waals surface area contributed by atoms with Crippen LogP contribution in [0.2, 0.25) is 0 Å². The quantitative estimate of drug-likeness (QED) is 0.749. The van der Waals surface area contributed by atoms with Gasteiger partial charge in [-0.1, -0.05) is 19.8 Å². The van der Waals surface area contributed by atoms with Gasteiger partial charge < -0.3 is 4.57 Å². The molecule has 0 aliphatic carbocycles. The Balaban J connectivity index is 1.98. The first kappa shape index (κ1) is 13.3. The lowest BCUT2D eigenvalue weighted by atomic mass is 9.98. The lowest BCUT2D eigenvalue weighted by Crippen LogP contribution is -2.42. The second-order valence-corrected chi connectivity index (χ2v) is 5.34. The molecule has 1 atom stereocenters. The van der Waals surface area contributed by atoms with Crippen molar-refractivity contribution in [3.8, 4) is 0 Å². The van der Waals surface area contributed by atoms with Crippen LogP contribution in [0, 0.1) is 0 Å². The fourth-order valence-corrected chi connectivity index (χ4v) is 2.94. The third kappa shape index (κ3) is 3.02. The predicted molar refractivity (Wildman–Crippen MR) is 73.9 cm³/mol. The van der Waals surface area contributed by atoms with Crippen LogP contribution in [0.4, 0.5) is 0 Å². The third-order valence-corrected chi connectivity index (χ3v) is 3.95. The summed E-state index contributed by atoms with van der Waals surface area (Å²) in [6.45, 7) is 3.90. The maximum atomic E-state index is 12.3. The summed E-state index contributed by atoms with van der Waals surface area (Å²) in [6, 6.07) is 4.47. The van der Waals surface area contributed by atoms with E-state index in [4.69, 9.17) is 0 Å². The summed E-state index contributed by atoms with van der Waals surface area (Å²) >= 11 is 0. The minimum atomic E-state index is 0.255. The summed E-state index contributed by atoms with van der Waals surface area (Å²) in [4.78, 5) is 14.7. The van der Waals surface area contributed by atoms with E-state index in [0.717, 1.165) is 12.2 Å². The van der Waals surface area contributed by atoms with Gasteiger partial charge >= 0.3 is 0 Å². The van der Waals surface area contributed by atoms with Gasteiger partial charge in [0.1, 0.15) is 0 Å². The van der Waals surface area contributed by atoms with E-state index >= 15 is 0 Å². The summed E-state index contributed by atoms with van der Waals surface area (Å²) in [7, 11) is 1.94. The molecule has 1 aromatic heterocycles. The molecule has 0 amide bonds. The fourth-order valence-electron chi connectivity index (χ4n) is 2.94. The van der Waals surface area contributed by atoms with Crippen LogP contribution in [-0.2, 0) is 7.05 Å². The molecule has 0 N–H and O–H groups in total. The van der Waals surface area contributed by atoms with Crippen LogP contribution in [0.15, 0.2) is 18.3 Å². The SMILES string of the molecule is CCCC1CCCCN1CC(=O)c1cccn1C. The highest BCUT2D eigenvalue weighted by Gasteiger charge is 2.24. The number of hydrogen-bond donors (Lipinski definition) is 0. The van der Waals surface area contributed by atoms with Crippen LogP contribution in [0.1, 0.15) is 49.5 Å². The average Bonchev–Trinajstić information content (AvgIpc) is 2.78. The van der Waals surface area contributed by atoms with Gasteiger partial charge in [0, 0.05) is 19.3 Å². The van der Waals surface area contributed by atoms with E-state index in [2.05, 4.69) is 11.8 Å². The summed E-state index contributed by atoms with van der Waals surface area (Å²) in [5.74, 6) is 0.255. The second kappa shape index (κ2) is 6.19. The molecule has 0 bridgehead atoms. The zero-order chi connectivity index (χ0) is 13.0. The number of ketones is 1. The van der Waals surface area contributed by atoms with Gasteiger partial charge in [-0.15, -0.1) is 0 Å². The number of Topliss-reactive ketones (excluding diaryl/α,β-unsaturated/α-hetero) is 1. The zero-order valence-electron chi connectivity index (χ0n) is 11.6. The highest BCUT2D eigenvalue weighted by molar-refractivity contribution is 5.96. The topological polar surface area (TPSA) is 25.2 Å². The Bertz CT molecular complexity index is 395. The Morgan fingerprint density at radius 2 is 2.28 bits per heavy atom. The molecule has 2 heterocycles. The number of nitrogens with zero attached hydrogens (tertiary/aromatic N) is 2. The smallest absolute Gasteiger partial charge is 0.193 e. The van der Waals surface area contributed by atoms with Gasteiger partial charge in [0.05, 0.1) is 12.2 Å². The Kier molecular flexibility index (Phi) is 4.59. The first-order valence-corrected chi connectivity index (χ1v) is 7.11. The highest BCUT2D eigenvalue weighted by Crippen LogP contribution is 2.21. The van der Waals surface area contributed by atoms with Crippen molar-refractivity contribution in [2.75, 3.05) is 13.1 Å². The molecule has 3 heteroatoms. The number of hydrogen-bond acceptors (Lipinski definition) is 2. The number of aryl methyl sites for hydroxylation is 1. The number of carbonyl (C=O) groups is 1. The van der Waals surface area contributed by atoms with E-state index in [-0.39, 0.29) is 5.78 Å². The van der Waals surface area contributed by atoms with Crippen LogP contribution in [0.5, 0.6) is 0 Å². The molecule has 1 aliphatic heterocycles. The summed E-state index contributed by atoms with van der Waals surface area (Å²) in [6.07, 6.45) is 8.18. The largest absolute Gasteiger partial charge is 0.348 e. The van der Waals surface area contributed by atoms with Crippen molar-refractivity contribution in [1.29, 1.82) is 0 Å². The van der Waals surface area contributed by atoms with Gasteiger partial charge in [0.25, 0.3) is 0 Å². The van der Waals surface area contributed by atoms with E-state index in [1.165, 1.54) is 32.1 Å². The van der Waals surface area contributed by atoms with E-state index < -0.39 is 0 Å². The Labute approximate surface area is 110 Å². The molecule has 1 fully saturated rings. The summed E-state index contributed by atoms with van der Waals surface area (Å²) < 4.78 is 1.92. The third-order valence-electron chi connectivity index (χ3n) is 3.95. The predicted octanol–water partition coefficient (Wildman–Crippen LogP) is 2.86. The van der Waals surface area contributed by atoms with Gasteiger partial charge in [-0.25, -0.2) is 0 Å². The molecule has 1 aliphatic rings. The van der Waals surface area contributed by atoms with Crippen molar-refractivity contribution in [1.82, 2.24) is 9.47 Å². The molecule has 0 radical (unpaired) electrons. The maximum absolute atomic E-state index is 12.3. The molecule has 0 spiro atoms. The lowest BCUT2D eigenvalue weighted by molar-refractivity contribution is 0.0823. The molecular formula is C15H24N2O. The molecule has 1 aromatic rings. The van der Waals surface area contributed by atoms with Crippen molar-refractivity contribution in [3.63, 3.8) is 0 Å². The molecule has 2 rings (SSSR count). The molecule has 0 aromatic carbocycles. The van der Waals surface area contributed by atoms with E-state index in [1.807, 2.05) is 29.9 Å². The molecule has 0 saturated carbocycles. The standard InChI is InChI=1S/C15H24N2O/c1-3-7-13-8-4-5-11-17(13)12-15(18)14-9-6-10-16(14)2/h6,9-10,13H,3-5,7-8,11-12H2,1-2H3. The van der Waals surface area contributed by atoms with Crippen molar-refractivity contribution in [2.24, 2.45) is 7.05 Å². The van der Waals surface area contributed by atoms with Crippen LogP contribution in [-0.4, -0.2) is 34.4 Å². The Morgan fingerprint density at radius 3 is 2.94 bits per heavy atom. The lowest BCUT2D eigenvalue weighted by Gasteiger charge is -2.35. The molecule has 18 heavy (non-hydrogen) atoms. The van der Waals surface area contributed by atoms with Crippen molar-refractivity contribution in [2.45, 2.75) is 45.1 Å². The normalized spacial score (nSPS) is 21.1.